The third kappa shape index (κ3) is 17.4. The molecule has 0 spiro atoms. The normalized spacial score (nSPS) is 7.56. The maximum absolute atomic E-state index is 8.25. The van der Waals surface area contributed by atoms with E-state index in [1.54, 1.807) is 12.4 Å². The van der Waals surface area contributed by atoms with Crippen LogP contribution in [0.25, 0.3) is 0 Å². The fourth-order valence-electron chi connectivity index (χ4n) is 0.476. The fourth-order valence-corrected chi connectivity index (χ4v) is 0.476. The van der Waals surface area contributed by atoms with E-state index in [1.807, 2.05) is 6.07 Å². The van der Waals surface area contributed by atoms with Crippen molar-refractivity contribution in [2.75, 3.05) is 5.73 Å². The number of H-pyrrole nitrogens is 1. The lowest BCUT2D eigenvalue weighted by atomic mass is 10.4. The second-order valence-corrected chi connectivity index (χ2v) is 2.07. The summed E-state index contributed by atoms with van der Waals surface area (Å²) in [4.78, 5) is 19.3. The zero-order valence-corrected chi connectivity index (χ0v) is 7.86. The number of aromatic amines is 1. The van der Waals surface area contributed by atoms with Crippen molar-refractivity contribution in [3.8, 4) is 0 Å². The molecule has 1 rings (SSSR count). The van der Waals surface area contributed by atoms with Gasteiger partial charge in [-0.15, -0.1) is 0 Å². The average molecular weight is 235 g/mol. The van der Waals surface area contributed by atoms with Crippen molar-refractivity contribution in [2.24, 2.45) is 0 Å². The lowest BCUT2D eigenvalue weighted by Gasteiger charge is -1.84. The van der Waals surface area contributed by atoms with Crippen molar-refractivity contribution in [1.29, 1.82) is 0 Å². The monoisotopic (exact) mass is 235 g/mol. The fraction of sp³-hybridized carbons (Fsp3) is 0. The molecule has 0 fully saturated rings. The van der Waals surface area contributed by atoms with Gasteiger partial charge in [-0.2, -0.15) is 0 Å². The summed E-state index contributed by atoms with van der Waals surface area (Å²) in [5, 5.41) is 29.5. The molecule has 0 aliphatic rings. The zero-order chi connectivity index (χ0) is 13.1. The predicted molar refractivity (Wildman–Crippen MR) is 50.7 cm³/mol. The molecule has 0 saturated heterocycles. The molecule has 11 nitrogen and oxygen atoms in total. The van der Waals surface area contributed by atoms with Crippen LogP contribution in [-0.4, -0.2) is 10.2 Å². The first-order valence-electron chi connectivity index (χ1n) is 3.48. The molecule has 0 amide bonds. The maximum atomic E-state index is 8.25. The summed E-state index contributed by atoms with van der Waals surface area (Å²) < 4.78 is 0. The average Bonchev–Trinajstić information content (AvgIpc) is 2.08. The highest BCUT2D eigenvalue weighted by Gasteiger charge is 1.95. The van der Waals surface area contributed by atoms with Gasteiger partial charge in [-0.05, 0) is 0 Å². The number of pyridine rings is 1. The van der Waals surface area contributed by atoms with E-state index >= 15 is 0 Å². The van der Waals surface area contributed by atoms with Crippen molar-refractivity contribution in [3.05, 3.63) is 49.1 Å². The Bertz CT molecular complexity index is 303. The summed E-state index contributed by atoms with van der Waals surface area (Å²) in [6.07, 6.45) is 3.50. The third-order valence-corrected chi connectivity index (χ3v) is 0.990. The molecule has 16 heavy (non-hydrogen) atoms. The summed E-state index contributed by atoms with van der Waals surface area (Å²) in [6, 6.07) is 1.83. The first-order chi connectivity index (χ1) is 7.27. The molecule has 0 aliphatic carbocycles. The van der Waals surface area contributed by atoms with Gasteiger partial charge in [0.05, 0.1) is 16.2 Å². The van der Waals surface area contributed by atoms with Gasteiger partial charge in [0.1, 0.15) is 0 Å². The highest BCUT2D eigenvalue weighted by Crippen LogP contribution is 2.03. The molecule has 0 unspecified atom stereocenters. The third-order valence-electron chi connectivity index (χ3n) is 0.990. The second kappa shape index (κ2) is 8.89. The van der Waals surface area contributed by atoms with Crippen LogP contribution < -0.4 is 16.5 Å². The number of aromatic nitrogens is 1. The van der Waals surface area contributed by atoms with Crippen LogP contribution in [0.2, 0.25) is 0 Å². The number of hydrogen-bond acceptors (Lipinski definition) is 7. The molecule has 11 heteroatoms. The highest BCUT2D eigenvalue weighted by molar-refractivity contribution is 5.52. The first kappa shape index (κ1) is 15.8. The van der Waals surface area contributed by atoms with Gasteiger partial charge in [0.25, 0.3) is 0 Å². The van der Waals surface area contributed by atoms with Gasteiger partial charge in [-0.3, -0.25) is 0 Å². The number of hydrogen-bond donors (Lipinski definition) is 2. The lowest BCUT2D eigenvalue weighted by molar-refractivity contribution is -0.403. The smallest absolute Gasteiger partial charge is 0.196 e. The molecule has 1 heterocycles. The Labute approximate surface area is 88.1 Å². The van der Waals surface area contributed by atoms with Crippen molar-refractivity contribution in [1.82, 2.24) is 0 Å². The Hall–Kier alpha value is -2.69. The Morgan fingerprint density at radius 2 is 1.56 bits per heavy atom. The van der Waals surface area contributed by atoms with Crippen LogP contribution in [0, 0.1) is 30.6 Å². The van der Waals surface area contributed by atoms with Crippen molar-refractivity contribution >= 4 is 11.4 Å². The van der Waals surface area contributed by atoms with Crippen molar-refractivity contribution in [3.63, 3.8) is 0 Å². The van der Waals surface area contributed by atoms with Crippen LogP contribution >= 0.6 is 0 Å². The number of nitrogens with zero attached hydrogens (tertiary/aromatic N) is 2. The standard InChI is InChI=1S/C5H7N3.2NO3/c6-4-1-2-8-3-5(4)7;2*2-1(3)4/h1-3H,7H2,(H2,6,8);;/q;2*-1/p+2. The largest absolute Gasteiger partial charge is 0.389 e. The van der Waals surface area contributed by atoms with Crippen LogP contribution in [0.5, 0.6) is 0 Å². The Morgan fingerprint density at radius 1 is 1.19 bits per heavy atom. The van der Waals surface area contributed by atoms with Gasteiger partial charge in [0.15, 0.2) is 23.8 Å². The minimum absolute atomic E-state index is 0.701. The highest BCUT2D eigenvalue weighted by atomic mass is 16.9. The summed E-state index contributed by atoms with van der Waals surface area (Å²) in [5.41, 5.74) is 10.7. The molecule has 0 bridgehead atoms. The van der Waals surface area contributed by atoms with E-state index in [4.69, 9.17) is 36.4 Å². The quantitative estimate of drug-likeness (QED) is 0.401. The molecule has 0 radical (unpaired) electrons. The molecule has 90 valence electrons. The molecule has 1 aromatic heterocycles. The summed E-state index contributed by atoms with van der Waals surface area (Å²) in [5.74, 6) is 0. The van der Waals surface area contributed by atoms with E-state index in [-0.39, 0.29) is 0 Å². The summed E-state index contributed by atoms with van der Waals surface area (Å²) >= 11 is 0. The number of anilines is 1. The number of quaternary nitrogens is 1. The van der Waals surface area contributed by atoms with Crippen LogP contribution in [0.3, 0.4) is 0 Å². The number of rotatable bonds is 0. The van der Waals surface area contributed by atoms with E-state index in [9.17, 15) is 0 Å². The minimum atomic E-state index is -1.75. The van der Waals surface area contributed by atoms with Crippen LogP contribution in [0.4, 0.5) is 11.4 Å². The van der Waals surface area contributed by atoms with Crippen LogP contribution in [-0.2, 0) is 0 Å². The predicted octanol–water partition coefficient (Wildman–Crippen LogP) is -1.52. The van der Waals surface area contributed by atoms with Crippen LogP contribution in [0.15, 0.2) is 18.5 Å². The van der Waals surface area contributed by atoms with E-state index in [1.165, 1.54) is 0 Å². The summed E-state index contributed by atoms with van der Waals surface area (Å²) in [6.45, 7) is 0. The molecule has 6 N–H and O–H groups in total. The molecular formula is C5H9N5O6. The van der Waals surface area contributed by atoms with E-state index in [2.05, 4.69) is 10.7 Å². The lowest BCUT2D eigenvalue weighted by Crippen LogP contribution is -2.41. The zero-order valence-electron chi connectivity index (χ0n) is 7.86. The van der Waals surface area contributed by atoms with Crippen molar-refractivity contribution < 1.29 is 20.9 Å². The molecule has 0 aromatic carbocycles. The topological polar surface area (TPSA) is 200 Å². The SMILES string of the molecule is Nc1c[nH+]ccc1[NH3+].O=[N+]([O-])[O-].O=[N+]([O-])[O-]. The number of nitrogens with two attached hydrogens (primary N) is 1. The number of nitrogen functional groups attached to an aromatic ring is 1. The van der Waals surface area contributed by atoms with Gasteiger partial charge >= 0.3 is 0 Å². The van der Waals surface area contributed by atoms with E-state index in [0.717, 1.165) is 5.69 Å². The van der Waals surface area contributed by atoms with Gasteiger partial charge < -0.3 is 42.1 Å². The second-order valence-electron chi connectivity index (χ2n) is 2.07. The van der Waals surface area contributed by atoms with Gasteiger partial charge in [0.2, 0.25) is 0 Å². The van der Waals surface area contributed by atoms with E-state index in [0.29, 0.717) is 5.69 Å². The molecule has 1 aromatic rings. The Morgan fingerprint density at radius 3 is 1.75 bits per heavy atom. The summed E-state index contributed by atoms with van der Waals surface area (Å²) in [7, 11) is 0. The molecule has 0 aliphatic heterocycles. The van der Waals surface area contributed by atoms with Crippen LogP contribution in [0.1, 0.15) is 0 Å². The Kier molecular flexibility index (Phi) is 8.76. The number of nitrogens with one attached hydrogen (secondary N) is 1. The molecule has 0 atom stereocenters. The van der Waals surface area contributed by atoms with Gasteiger partial charge in [-0.1, -0.05) is 0 Å². The first-order valence-corrected chi connectivity index (χ1v) is 3.48. The maximum Gasteiger partial charge on any atom is 0.196 e. The van der Waals surface area contributed by atoms with Gasteiger partial charge in [0, 0.05) is 0 Å². The van der Waals surface area contributed by atoms with Crippen molar-refractivity contribution in [2.45, 2.75) is 0 Å². The minimum Gasteiger partial charge on any atom is -0.389 e. The molecular weight excluding hydrogens is 226 g/mol. The Balaban J connectivity index is 0. The molecule has 0 saturated carbocycles. The van der Waals surface area contributed by atoms with E-state index < -0.39 is 10.2 Å². The van der Waals surface area contributed by atoms with Gasteiger partial charge in [-0.25, -0.2) is 4.98 Å².